The van der Waals surface area contributed by atoms with Crippen LogP contribution in [0.15, 0.2) is 18.2 Å². The van der Waals surface area contributed by atoms with E-state index in [2.05, 4.69) is 10.1 Å². The second-order valence-electron chi connectivity index (χ2n) is 4.22. The summed E-state index contributed by atoms with van der Waals surface area (Å²) in [5.41, 5.74) is 1.06. The molecule has 1 aliphatic rings. The summed E-state index contributed by atoms with van der Waals surface area (Å²) in [4.78, 5) is 11.5. The van der Waals surface area contributed by atoms with Crippen LogP contribution in [0.3, 0.4) is 0 Å². The molecule has 0 aromatic heterocycles. The van der Waals surface area contributed by atoms with E-state index >= 15 is 0 Å². The van der Waals surface area contributed by atoms with Gasteiger partial charge in [-0.1, -0.05) is 0 Å². The number of hydrogen-bond donors (Lipinski definition) is 2. The monoisotopic (exact) mass is 248 g/mol. The maximum atomic E-state index is 11.5. The van der Waals surface area contributed by atoms with E-state index < -0.39 is 5.97 Å². The van der Waals surface area contributed by atoms with Gasteiger partial charge in [0.2, 0.25) is 0 Å². The Morgan fingerprint density at radius 2 is 2.11 bits per heavy atom. The van der Waals surface area contributed by atoms with Crippen molar-refractivity contribution in [2.45, 2.75) is 12.8 Å². The second-order valence-corrected chi connectivity index (χ2v) is 4.22. The van der Waals surface area contributed by atoms with E-state index in [1.165, 1.54) is 7.11 Å². The van der Waals surface area contributed by atoms with Crippen LogP contribution >= 0.6 is 0 Å². The Morgan fingerprint density at radius 3 is 2.67 bits per heavy atom. The molecule has 1 aliphatic carbocycles. The molecule has 2 N–H and O–H groups in total. The molecule has 0 atom stereocenters. The summed E-state index contributed by atoms with van der Waals surface area (Å²) in [5.74, 6) is 0.985. The number of amidine groups is 1. The van der Waals surface area contributed by atoms with Crippen molar-refractivity contribution in [3.63, 3.8) is 0 Å². The fourth-order valence-corrected chi connectivity index (χ4v) is 1.67. The lowest BCUT2D eigenvalue weighted by Crippen LogP contribution is -2.14. The molecule has 1 aromatic rings. The SMILES string of the molecule is COC(=O)c1ccc(OC)c(NC(=N)C2CC2)c1. The number of ether oxygens (including phenoxy) is 2. The first kappa shape index (κ1) is 12.4. The van der Waals surface area contributed by atoms with E-state index in [0.717, 1.165) is 12.8 Å². The van der Waals surface area contributed by atoms with E-state index in [-0.39, 0.29) is 0 Å². The zero-order valence-electron chi connectivity index (χ0n) is 10.4. The van der Waals surface area contributed by atoms with Crippen LogP contribution in [0.2, 0.25) is 0 Å². The van der Waals surface area contributed by atoms with Crippen LogP contribution in [-0.4, -0.2) is 26.0 Å². The van der Waals surface area contributed by atoms with Gasteiger partial charge in [-0.2, -0.15) is 0 Å². The van der Waals surface area contributed by atoms with Gasteiger partial charge in [0.15, 0.2) is 0 Å². The van der Waals surface area contributed by atoms with Crippen molar-refractivity contribution in [1.82, 2.24) is 0 Å². The Morgan fingerprint density at radius 1 is 1.39 bits per heavy atom. The third kappa shape index (κ3) is 2.61. The van der Waals surface area contributed by atoms with Crippen LogP contribution in [0, 0.1) is 11.3 Å². The van der Waals surface area contributed by atoms with Crippen LogP contribution in [-0.2, 0) is 4.74 Å². The van der Waals surface area contributed by atoms with Gasteiger partial charge in [0.1, 0.15) is 11.6 Å². The predicted octanol–water partition coefficient (Wildman–Crippen LogP) is 2.28. The van der Waals surface area contributed by atoms with Crippen molar-refractivity contribution < 1.29 is 14.3 Å². The van der Waals surface area contributed by atoms with Crippen molar-refractivity contribution in [2.75, 3.05) is 19.5 Å². The van der Waals surface area contributed by atoms with E-state index in [0.29, 0.717) is 28.8 Å². The minimum Gasteiger partial charge on any atom is -0.495 e. The third-order valence-electron chi connectivity index (χ3n) is 2.88. The van der Waals surface area contributed by atoms with E-state index in [9.17, 15) is 4.79 Å². The molecule has 0 saturated heterocycles. The fourth-order valence-electron chi connectivity index (χ4n) is 1.67. The smallest absolute Gasteiger partial charge is 0.337 e. The number of benzene rings is 1. The molecule has 18 heavy (non-hydrogen) atoms. The zero-order valence-corrected chi connectivity index (χ0v) is 10.4. The van der Waals surface area contributed by atoms with Crippen LogP contribution in [0.4, 0.5) is 5.69 Å². The van der Waals surface area contributed by atoms with Gasteiger partial charge < -0.3 is 14.8 Å². The van der Waals surface area contributed by atoms with E-state index in [1.807, 2.05) is 0 Å². The molecule has 0 radical (unpaired) electrons. The van der Waals surface area contributed by atoms with Crippen molar-refractivity contribution in [1.29, 1.82) is 5.41 Å². The van der Waals surface area contributed by atoms with Gasteiger partial charge in [-0.3, -0.25) is 5.41 Å². The molecule has 1 saturated carbocycles. The maximum absolute atomic E-state index is 11.5. The number of methoxy groups -OCH3 is 2. The number of anilines is 1. The number of hydrogen-bond acceptors (Lipinski definition) is 4. The van der Waals surface area contributed by atoms with Gasteiger partial charge in [0, 0.05) is 5.92 Å². The minimum atomic E-state index is -0.404. The van der Waals surface area contributed by atoms with Gasteiger partial charge in [-0.15, -0.1) is 0 Å². The molecule has 1 fully saturated rings. The highest BCUT2D eigenvalue weighted by Gasteiger charge is 2.27. The summed E-state index contributed by atoms with van der Waals surface area (Å²) >= 11 is 0. The number of esters is 1. The van der Waals surface area contributed by atoms with Crippen LogP contribution in [0.1, 0.15) is 23.2 Å². The first-order valence-electron chi connectivity index (χ1n) is 5.77. The summed E-state index contributed by atoms with van der Waals surface area (Å²) < 4.78 is 9.87. The Balaban J connectivity index is 2.23. The highest BCUT2D eigenvalue weighted by Crippen LogP contribution is 2.32. The Kier molecular flexibility index (Phi) is 3.50. The molecular weight excluding hydrogens is 232 g/mol. The summed E-state index contributed by atoms with van der Waals surface area (Å²) in [6, 6.07) is 4.97. The lowest BCUT2D eigenvalue weighted by atomic mass is 10.2. The minimum absolute atomic E-state index is 0.316. The topological polar surface area (TPSA) is 71.4 Å². The molecule has 5 nitrogen and oxygen atoms in total. The van der Waals surface area contributed by atoms with Gasteiger partial charge in [-0.05, 0) is 31.0 Å². The molecule has 5 heteroatoms. The van der Waals surface area contributed by atoms with Crippen molar-refractivity contribution >= 4 is 17.5 Å². The summed E-state index contributed by atoms with van der Waals surface area (Å²) in [5, 5.41) is 10.8. The molecule has 0 bridgehead atoms. The molecule has 0 heterocycles. The summed E-state index contributed by atoms with van der Waals surface area (Å²) in [6.45, 7) is 0. The number of carbonyl (C=O) groups is 1. The van der Waals surface area contributed by atoms with Gasteiger partial charge >= 0.3 is 5.97 Å². The molecule has 0 aliphatic heterocycles. The average molecular weight is 248 g/mol. The Bertz CT molecular complexity index is 481. The normalized spacial score (nSPS) is 13.9. The maximum Gasteiger partial charge on any atom is 0.337 e. The van der Waals surface area contributed by atoms with Gasteiger partial charge in [0.05, 0.1) is 25.5 Å². The largest absolute Gasteiger partial charge is 0.495 e. The van der Waals surface area contributed by atoms with Crippen LogP contribution < -0.4 is 10.1 Å². The number of nitrogens with one attached hydrogen (secondary N) is 2. The van der Waals surface area contributed by atoms with Crippen molar-refractivity contribution in [3.05, 3.63) is 23.8 Å². The van der Waals surface area contributed by atoms with Crippen LogP contribution in [0.25, 0.3) is 0 Å². The first-order valence-corrected chi connectivity index (χ1v) is 5.77. The third-order valence-corrected chi connectivity index (χ3v) is 2.88. The van der Waals surface area contributed by atoms with Crippen molar-refractivity contribution in [2.24, 2.45) is 5.92 Å². The fraction of sp³-hybridized carbons (Fsp3) is 0.385. The highest BCUT2D eigenvalue weighted by atomic mass is 16.5. The Hall–Kier alpha value is -2.04. The summed E-state index contributed by atoms with van der Waals surface area (Å²) in [7, 11) is 2.89. The van der Waals surface area contributed by atoms with Gasteiger partial charge in [-0.25, -0.2) is 4.79 Å². The Labute approximate surface area is 106 Å². The molecule has 0 amide bonds. The first-order chi connectivity index (χ1) is 8.65. The summed E-state index contributed by atoms with van der Waals surface area (Å²) in [6.07, 6.45) is 2.09. The second kappa shape index (κ2) is 5.08. The highest BCUT2D eigenvalue weighted by molar-refractivity contribution is 5.99. The number of rotatable bonds is 4. The van der Waals surface area contributed by atoms with E-state index in [4.69, 9.17) is 10.1 Å². The molecule has 0 unspecified atom stereocenters. The molecule has 96 valence electrons. The van der Waals surface area contributed by atoms with Crippen molar-refractivity contribution in [3.8, 4) is 5.75 Å². The lowest BCUT2D eigenvalue weighted by Gasteiger charge is -2.12. The molecule has 2 rings (SSSR count). The standard InChI is InChI=1S/C13H16N2O3/c1-17-11-6-5-9(13(16)18-2)7-10(11)15-12(14)8-3-4-8/h5-8H,3-4H2,1-2H3,(H2,14,15). The molecular formula is C13H16N2O3. The lowest BCUT2D eigenvalue weighted by molar-refractivity contribution is 0.0601. The zero-order chi connectivity index (χ0) is 13.1. The number of carbonyl (C=O) groups excluding carboxylic acids is 1. The van der Waals surface area contributed by atoms with Gasteiger partial charge in [0.25, 0.3) is 0 Å². The molecule has 1 aromatic carbocycles. The molecule has 0 spiro atoms. The predicted molar refractivity (Wildman–Crippen MR) is 68.4 cm³/mol. The average Bonchev–Trinajstić information content (AvgIpc) is 3.22. The quantitative estimate of drug-likeness (QED) is 0.487. The van der Waals surface area contributed by atoms with Crippen LogP contribution in [0.5, 0.6) is 5.75 Å². The van der Waals surface area contributed by atoms with E-state index in [1.54, 1.807) is 25.3 Å².